The summed E-state index contributed by atoms with van der Waals surface area (Å²) in [5, 5.41) is 0. The second kappa shape index (κ2) is 5.71. The molecule has 4 heteroatoms. The quantitative estimate of drug-likeness (QED) is 0.915. The van der Waals surface area contributed by atoms with Gasteiger partial charge in [0.05, 0.1) is 26.0 Å². The van der Waals surface area contributed by atoms with Crippen LogP contribution in [0.25, 0.3) is 0 Å². The average molecular weight is 258 g/mol. The van der Waals surface area contributed by atoms with E-state index in [4.69, 9.17) is 15.2 Å². The topological polar surface area (TPSA) is 57.4 Å². The van der Waals surface area contributed by atoms with Gasteiger partial charge in [-0.15, -0.1) is 0 Å². The lowest BCUT2D eigenvalue weighted by atomic mass is 10.0. The molecular weight excluding hydrogens is 240 g/mol. The molecule has 1 aromatic heterocycles. The highest BCUT2D eigenvalue weighted by molar-refractivity contribution is 5.45. The number of pyridine rings is 1. The van der Waals surface area contributed by atoms with E-state index in [2.05, 4.69) is 4.98 Å². The lowest BCUT2D eigenvalue weighted by Crippen LogP contribution is -2.14. The molecule has 2 aromatic rings. The summed E-state index contributed by atoms with van der Waals surface area (Å²) >= 11 is 0. The maximum absolute atomic E-state index is 6.24. The van der Waals surface area contributed by atoms with Crippen molar-refractivity contribution in [3.8, 4) is 11.5 Å². The number of hydrogen-bond donors (Lipinski definition) is 1. The summed E-state index contributed by atoms with van der Waals surface area (Å²) in [6.07, 6.45) is 0. The highest BCUT2D eigenvalue weighted by Crippen LogP contribution is 2.30. The number of hydrogen-bond acceptors (Lipinski definition) is 4. The Morgan fingerprint density at radius 1 is 1.05 bits per heavy atom. The monoisotopic (exact) mass is 258 g/mol. The first-order chi connectivity index (χ1) is 9.15. The Morgan fingerprint density at radius 2 is 1.79 bits per heavy atom. The highest BCUT2D eigenvalue weighted by Gasteiger charge is 2.13. The van der Waals surface area contributed by atoms with E-state index < -0.39 is 0 Å². The molecular formula is C15H18N2O2. The van der Waals surface area contributed by atoms with Crippen molar-refractivity contribution in [3.05, 3.63) is 53.3 Å². The second-order valence-electron chi connectivity index (χ2n) is 4.30. The lowest BCUT2D eigenvalue weighted by molar-refractivity contribution is 0.354. The van der Waals surface area contributed by atoms with E-state index in [9.17, 15) is 0 Å². The minimum absolute atomic E-state index is 0.278. The normalized spacial score (nSPS) is 12.0. The average Bonchev–Trinajstić information content (AvgIpc) is 2.45. The molecule has 0 aliphatic heterocycles. The molecule has 0 bridgehead atoms. The summed E-state index contributed by atoms with van der Waals surface area (Å²) in [4.78, 5) is 4.45. The Balaban J connectivity index is 2.36. The number of aryl methyl sites for hydroxylation is 1. The smallest absolute Gasteiger partial charge is 0.161 e. The van der Waals surface area contributed by atoms with E-state index in [1.54, 1.807) is 14.2 Å². The molecule has 4 nitrogen and oxygen atoms in total. The van der Waals surface area contributed by atoms with E-state index in [0.717, 1.165) is 17.0 Å². The van der Waals surface area contributed by atoms with Gasteiger partial charge in [0.1, 0.15) is 0 Å². The van der Waals surface area contributed by atoms with Gasteiger partial charge >= 0.3 is 0 Å². The summed E-state index contributed by atoms with van der Waals surface area (Å²) in [6.45, 7) is 1.95. The van der Waals surface area contributed by atoms with E-state index >= 15 is 0 Å². The first-order valence-corrected chi connectivity index (χ1v) is 6.06. The van der Waals surface area contributed by atoms with E-state index in [0.29, 0.717) is 11.5 Å². The number of aromatic nitrogens is 1. The molecule has 2 N–H and O–H groups in total. The maximum Gasteiger partial charge on any atom is 0.161 e. The Hall–Kier alpha value is -2.07. The van der Waals surface area contributed by atoms with Crippen LogP contribution in [0.3, 0.4) is 0 Å². The number of methoxy groups -OCH3 is 2. The Morgan fingerprint density at radius 3 is 2.42 bits per heavy atom. The predicted octanol–water partition coefficient (Wildman–Crippen LogP) is 2.46. The molecule has 0 aliphatic carbocycles. The third kappa shape index (κ3) is 2.85. The molecule has 0 amide bonds. The Kier molecular flexibility index (Phi) is 4.02. The van der Waals surface area contributed by atoms with Crippen molar-refractivity contribution in [2.24, 2.45) is 5.73 Å². The molecule has 1 heterocycles. The molecule has 0 radical (unpaired) electrons. The zero-order valence-electron chi connectivity index (χ0n) is 11.4. The number of benzene rings is 1. The fraction of sp³-hybridized carbons (Fsp3) is 0.267. The van der Waals surface area contributed by atoms with Crippen LogP contribution in [0.4, 0.5) is 0 Å². The van der Waals surface area contributed by atoms with Crippen LogP contribution in [-0.2, 0) is 0 Å². The van der Waals surface area contributed by atoms with Crippen LogP contribution in [-0.4, -0.2) is 19.2 Å². The van der Waals surface area contributed by atoms with Crippen LogP contribution in [0.1, 0.15) is 23.0 Å². The molecule has 19 heavy (non-hydrogen) atoms. The van der Waals surface area contributed by atoms with Gasteiger partial charge < -0.3 is 15.2 Å². The third-order valence-corrected chi connectivity index (χ3v) is 3.00. The first kappa shape index (κ1) is 13.4. The van der Waals surface area contributed by atoms with Crippen LogP contribution in [0.5, 0.6) is 11.5 Å². The predicted molar refractivity (Wildman–Crippen MR) is 74.6 cm³/mol. The standard InChI is InChI=1S/C15H18N2O2/c1-10-5-4-6-12(17-10)15(16)11-7-8-13(18-2)14(9-11)19-3/h4-9,15H,16H2,1-3H3. The van der Waals surface area contributed by atoms with Gasteiger partial charge in [0.25, 0.3) is 0 Å². The van der Waals surface area contributed by atoms with Gasteiger partial charge in [0, 0.05) is 5.69 Å². The largest absolute Gasteiger partial charge is 0.493 e. The van der Waals surface area contributed by atoms with Gasteiger partial charge in [-0.1, -0.05) is 12.1 Å². The fourth-order valence-corrected chi connectivity index (χ4v) is 1.95. The Bertz CT molecular complexity index is 570. The summed E-state index contributed by atoms with van der Waals surface area (Å²) in [5.41, 5.74) is 8.97. The summed E-state index contributed by atoms with van der Waals surface area (Å²) in [5.74, 6) is 1.36. The molecule has 1 aromatic carbocycles. The Labute approximate surface area is 113 Å². The molecule has 100 valence electrons. The van der Waals surface area contributed by atoms with Crippen molar-refractivity contribution in [2.75, 3.05) is 14.2 Å². The molecule has 0 spiro atoms. The minimum atomic E-state index is -0.278. The van der Waals surface area contributed by atoms with Crippen LogP contribution in [0, 0.1) is 6.92 Å². The molecule has 1 atom stereocenters. The van der Waals surface area contributed by atoms with Crippen molar-refractivity contribution in [1.29, 1.82) is 0 Å². The van der Waals surface area contributed by atoms with E-state index in [-0.39, 0.29) is 6.04 Å². The van der Waals surface area contributed by atoms with Crippen LogP contribution >= 0.6 is 0 Å². The zero-order chi connectivity index (χ0) is 13.8. The van der Waals surface area contributed by atoms with Crippen molar-refractivity contribution in [1.82, 2.24) is 4.98 Å². The summed E-state index contributed by atoms with van der Waals surface area (Å²) in [6, 6.07) is 11.2. The van der Waals surface area contributed by atoms with Gasteiger partial charge in [-0.2, -0.15) is 0 Å². The van der Waals surface area contributed by atoms with Crippen LogP contribution in [0.2, 0.25) is 0 Å². The van der Waals surface area contributed by atoms with Gasteiger partial charge in [-0.3, -0.25) is 4.98 Å². The molecule has 0 fully saturated rings. The summed E-state index contributed by atoms with van der Waals surface area (Å²) in [7, 11) is 3.22. The number of rotatable bonds is 4. The molecule has 0 aliphatic rings. The SMILES string of the molecule is COc1ccc(C(N)c2cccc(C)n2)cc1OC. The van der Waals surface area contributed by atoms with Gasteiger partial charge in [-0.25, -0.2) is 0 Å². The van der Waals surface area contributed by atoms with Gasteiger partial charge in [0.2, 0.25) is 0 Å². The molecule has 1 unspecified atom stereocenters. The molecule has 0 saturated carbocycles. The van der Waals surface area contributed by atoms with Crippen molar-refractivity contribution in [3.63, 3.8) is 0 Å². The van der Waals surface area contributed by atoms with Crippen molar-refractivity contribution >= 4 is 0 Å². The maximum atomic E-state index is 6.24. The van der Waals surface area contributed by atoms with Crippen LogP contribution in [0.15, 0.2) is 36.4 Å². The number of nitrogens with zero attached hydrogens (tertiary/aromatic N) is 1. The third-order valence-electron chi connectivity index (χ3n) is 3.00. The van der Waals surface area contributed by atoms with Gasteiger partial charge in [0.15, 0.2) is 11.5 Å². The first-order valence-electron chi connectivity index (χ1n) is 6.06. The number of nitrogens with two attached hydrogens (primary N) is 1. The lowest BCUT2D eigenvalue weighted by Gasteiger charge is -2.15. The van der Waals surface area contributed by atoms with Gasteiger partial charge in [-0.05, 0) is 36.8 Å². The molecule has 2 rings (SSSR count). The second-order valence-corrected chi connectivity index (χ2v) is 4.30. The zero-order valence-corrected chi connectivity index (χ0v) is 11.4. The fourth-order valence-electron chi connectivity index (χ4n) is 1.95. The molecule has 0 saturated heterocycles. The summed E-state index contributed by atoms with van der Waals surface area (Å²) < 4.78 is 10.5. The number of ether oxygens (including phenoxy) is 2. The van der Waals surface area contributed by atoms with E-state index in [1.165, 1.54) is 0 Å². The van der Waals surface area contributed by atoms with Crippen molar-refractivity contribution < 1.29 is 9.47 Å². The highest BCUT2D eigenvalue weighted by atomic mass is 16.5. The van der Waals surface area contributed by atoms with Crippen LogP contribution < -0.4 is 15.2 Å². The minimum Gasteiger partial charge on any atom is -0.493 e. The van der Waals surface area contributed by atoms with E-state index in [1.807, 2.05) is 43.3 Å². The van der Waals surface area contributed by atoms with Crippen molar-refractivity contribution in [2.45, 2.75) is 13.0 Å².